The topological polar surface area (TPSA) is 41.6 Å². The lowest BCUT2D eigenvalue weighted by Gasteiger charge is -2.23. The summed E-state index contributed by atoms with van der Waals surface area (Å²) in [4.78, 5) is 12.4. The highest BCUT2D eigenvalue weighted by atomic mass is 14.8. The van der Waals surface area contributed by atoms with Crippen LogP contribution in [-0.2, 0) is 17.3 Å². The normalized spacial score (nSPS) is 12.7. The van der Waals surface area contributed by atoms with Crippen LogP contribution in [0.4, 0.5) is 0 Å². The second-order valence-corrected chi connectivity index (χ2v) is 6.79. The zero-order chi connectivity index (χ0) is 14.1. The maximum Gasteiger partial charge on any atom is 0.0640 e. The number of rotatable bonds is 3. The van der Waals surface area contributed by atoms with Gasteiger partial charge in [0.15, 0.2) is 0 Å². The monoisotopic (exact) mass is 257 g/mol. The molecule has 0 radical (unpaired) electrons. The summed E-state index contributed by atoms with van der Waals surface area (Å²) in [5.41, 5.74) is 3.40. The summed E-state index contributed by atoms with van der Waals surface area (Å²) >= 11 is 0. The molecule has 3 heteroatoms. The van der Waals surface area contributed by atoms with Gasteiger partial charge in [0.05, 0.1) is 11.4 Å². The van der Waals surface area contributed by atoms with E-state index in [0.29, 0.717) is 0 Å². The average molecular weight is 257 g/mol. The highest BCUT2D eigenvalue weighted by Gasteiger charge is 2.23. The molecule has 0 spiro atoms. The van der Waals surface area contributed by atoms with Gasteiger partial charge in [-0.25, -0.2) is 0 Å². The van der Waals surface area contributed by atoms with Gasteiger partial charge in [0, 0.05) is 41.5 Å². The highest BCUT2D eigenvalue weighted by molar-refractivity contribution is 5.19. The maximum absolute atomic E-state index is 4.56. The van der Waals surface area contributed by atoms with Crippen molar-refractivity contribution in [3.8, 4) is 0 Å². The Bertz CT molecular complexity index is 516. The predicted octanol–water partition coefficient (Wildman–Crippen LogP) is 3.62. The van der Waals surface area contributed by atoms with Gasteiger partial charge < -0.3 is 4.98 Å². The van der Waals surface area contributed by atoms with Crippen molar-refractivity contribution in [1.29, 1.82) is 0 Å². The molecule has 0 aliphatic heterocycles. The van der Waals surface area contributed by atoms with E-state index in [4.69, 9.17) is 0 Å². The molecule has 1 N–H and O–H groups in total. The van der Waals surface area contributed by atoms with Crippen molar-refractivity contribution in [1.82, 2.24) is 15.0 Å². The van der Waals surface area contributed by atoms with E-state index >= 15 is 0 Å². The van der Waals surface area contributed by atoms with Crippen molar-refractivity contribution in [3.63, 3.8) is 0 Å². The lowest BCUT2D eigenvalue weighted by molar-refractivity contribution is 0.498. The van der Waals surface area contributed by atoms with Gasteiger partial charge in [0.2, 0.25) is 0 Å². The number of H-pyrrole nitrogens is 1. The zero-order valence-electron chi connectivity index (χ0n) is 12.5. The Balaban J connectivity index is 2.16. The van der Waals surface area contributed by atoms with Crippen LogP contribution in [0.1, 0.15) is 51.7 Å². The third kappa shape index (κ3) is 3.22. The zero-order valence-corrected chi connectivity index (χ0v) is 12.5. The minimum absolute atomic E-state index is 0.0431. The summed E-state index contributed by atoms with van der Waals surface area (Å²) < 4.78 is 0. The second-order valence-electron chi connectivity index (χ2n) is 6.79. The third-order valence-corrected chi connectivity index (χ3v) is 3.42. The first-order valence-corrected chi connectivity index (χ1v) is 6.74. The molecular formula is C16H23N3. The molecule has 0 unspecified atom stereocenters. The van der Waals surface area contributed by atoms with Crippen molar-refractivity contribution in [2.45, 2.75) is 51.9 Å². The fourth-order valence-corrected chi connectivity index (χ4v) is 2.13. The first kappa shape index (κ1) is 13.8. The number of aromatic nitrogens is 3. The van der Waals surface area contributed by atoms with Gasteiger partial charge in [-0.2, -0.15) is 0 Å². The molecule has 0 aliphatic carbocycles. The Morgan fingerprint density at radius 2 is 1.79 bits per heavy atom. The van der Waals surface area contributed by atoms with Gasteiger partial charge in [-0.3, -0.25) is 9.97 Å². The van der Waals surface area contributed by atoms with Crippen molar-refractivity contribution in [2.75, 3.05) is 0 Å². The molecule has 0 bridgehead atoms. The lowest BCUT2D eigenvalue weighted by atomic mass is 9.84. The van der Waals surface area contributed by atoms with E-state index in [1.54, 1.807) is 0 Å². The highest BCUT2D eigenvalue weighted by Crippen LogP contribution is 2.26. The van der Waals surface area contributed by atoms with E-state index in [2.05, 4.69) is 55.6 Å². The largest absolute Gasteiger partial charge is 0.365 e. The Kier molecular flexibility index (Phi) is 3.48. The van der Waals surface area contributed by atoms with Gasteiger partial charge in [0.25, 0.3) is 0 Å². The van der Waals surface area contributed by atoms with Crippen LogP contribution >= 0.6 is 0 Å². The van der Waals surface area contributed by atoms with Gasteiger partial charge >= 0.3 is 0 Å². The minimum Gasteiger partial charge on any atom is -0.365 e. The number of nitrogens with one attached hydrogen (secondary N) is 1. The number of nitrogens with zero attached hydrogens (tertiary/aromatic N) is 2. The van der Waals surface area contributed by atoms with Gasteiger partial charge in [-0.05, 0) is 12.1 Å². The minimum atomic E-state index is 0.0431. The third-order valence-electron chi connectivity index (χ3n) is 3.42. The Morgan fingerprint density at radius 1 is 1.05 bits per heavy atom. The van der Waals surface area contributed by atoms with Gasteiger partial charge in [-0.1, -0.05) is 34.6 Å². The molecule has 0 amide bonds. The first-order chi connectivity index (χ1) is 8.79. The van der Waals surface area contributed by atoms with Gasteiger partial charge in [-0.15, -0.1) is 0 Å². The van der Waals surface area contributed by atoms with E-state index in [1.807, 2.05) is 24.7 Å². The molecule has 19 heavy (non-hydrogen) atoms. The molecule has 0 atom stereocenters. The number of aromatic amines is 1. The summed E-state index contributed by atoms with van der Waals surface area (Å²) in [7, 11) is 0. The van der Waals surface area contributed by atoms with E-state index in [-0.39, 0.29) is 10.8 Å². The van der Waals surface area contributed by atoms with Crippen molar-refractivity contribution in [2.24, 2.45) is 0 Å². The van der Waals surface area contributed by atoms with Crippen LogP contribution in [0.3, 0.4) is 0 Å². The summed E-state index contributed by atoms with van der Waals surface area (Å²) in [6, 6.07) is 4.16. The lowest BCUT2D eigenvalue weighted by Crippen LogP contribution is -2.22. The van der Waals surface area contributed by atoms with Crippen LogP contribution in [0.15, 0.2) is 30.7 Å². The fourth-order valence-electron chi connectivity index (χ4n) is 2.13. The molecule has 0 saturated carbocycles. The van der Waals surface area contributed by atoms with Crippen LogP contribution in [0.2, 0.25) is 0 Å². The van der Waals surface area contributed by atoms with Gasteiger partial charge in [0.1, 0.15) is 0 Å². The first-order valence-electron chi connectivity index (χ1n) is 6.74. The van der Waals surface area contributed by atoms with Crippen LogP contribution in [0.5, 0.6) is 0 Å². The smallest absolute Gasteiger partial charge is 0.0640 e. The van der Waals surface area contributed by atoms with Crippen molar-refractivity contribution < 1.29 is 0 Å². The molecule has 2 aromatic heterocycles. The maximum atomic E-state index is 4.56. The average Bonchev–Trinajstić information content (AvgIpc) is 2.82. The van der Waals surface area contributed by atoms with E-state index in [0.717, 1.165) is 17.8 Å². The molecule has 3 nitrogen and oxygen atoms in total. The molecule has 2 rings (SSSR count). The standard InChI is InChI=1S/C16H23N3/c1-15(2,3)14-11-18-12(10-19-14)9-16(4,5)13-7-6-8-17-13/h6-8,10-11,17H,9H2,1-5H3. The summed E-state index contributed by atoms with van der Waals surface area (Å²) in [5, 5.41) is 0. The quantitative estimate of drug-likeness (QED) is 0.912. The molecule has 0 saturated heterocycles. The van der Waals surface area contributed by atoms with E-state index < -0.39 is 0 Å². The summed E-state index contributed by atoms with van der Waals surface area (Å²) in [6.45, 7) is 10.9. The molecule has 2 heterocycles. The van der Waals surface area contributed by atoms with Crippen LogP contribution in [0, 0.1) is 0 Å². The Hall–Kier alpha value is -1.64. The Labute approximate surface area is 115 Å². The number of hydrogen-bond donors (Lipinski definition) is 1. The summed E-state index contributed by atoms with van der Waals surface area (Å²) in [6.07, 6.45) is 6.65. The molecule has 102 valence electrons. The molecular weight excluding hydrogens is 234 g/mol. The van der Waals surface area contributed by atoms with Crippen LogP contribution in [-0.4, -0.2) is 15.0 Å². The predicted molar refractivity (Wildman–Crippen MR) is 78.3 cm³/mol. The summed E-state index contributed by atoms with van der Waals surface area (Å²) in [5.74, 6) is 0. The molecule has 0 aliphatic rings. The van der Waals surface area contributed by atoms with Crippen LogP contribution < -0.4 is 0 Å². The SMILES string of the molecule is CC(C)(C)c1cnc(CC(C)(C)c2ccc[nH]2)cn1. The Morgan fingerprint density at radius 3 is 2.26 bits per heavy atom. The van der Waals surface area contributed by atoms with Crippen molar-refractivity contribution in [3.05, 3.63) is 47.8 Å². The van der Waals surface area contributed by atoms with E-state index in [1.165, 1.54) is 5.69 Å². The molecule has 2 aromatic rings. The number of hydrogen-bond acceptors (Lipinski definition) is 2. The fraction of sp³-hybridized carbons (Fsp3) is 0.500. The van der Waals surface area contributed by atoms with E-state index in [9.17, 15) is 0 Å². The molecule has 0 aromatic carbocycles. The van der Waals surface area contributed by atoms with Crippen molar-refractivity contribution >= 4 is 0 Å². The second kappa shape index (κ2) is 4.80. The molecule has 0 fully saturated rings. The van der Waals surface area contributed by atoms with Crippen LogP contribution in [0.25, 0.3) is 0 Å².